The molecule has 2 heterocycles. The Morgan fingerprint density at radius 1 is 1.03 bits per heavy atom. The van der Waals surface area contributed by atoms with Crippen molar-refractivity contribution in [3.05, 3.63) is 77.4 Å². The number of hydrogen-bond donors (Lipinski definition) is 2. The van der Waals surface area contributed by atoms with Crippen LogP contribution in [0.5, 0.6) is 5.75 Å². The quantitative estimate of drug-likeness (QED) is 0.433. The number of carbonyl (C=O) groups is 3. The maximum Gasteiger partial charge on any atom is 0.573 e. The molecule has 4 rings (SSSR count). The van der Waals surface area contributed by atoms with Crippen molar-refractivity contribution in [2.75, 3.05) is 22.1 Å². The second-order valence-corrected chi connectivity index (χ2v) is 7.98. The Labute approximate surface area is 207 Å². The van der Waals surface area contributed by atoms with Crippen molar-refractivity contribution in [3.8, 4) is 5.75 Å². The van der Waals surface area contributed by atoms with E-state index in [1.807, 2.05) is 0 Å². The van der Waals surface area contributed by atoms with Gasteiger partial charge in [-0.15, -0.1) is 13.2 Å². The van der Waals surface area contributed by atoms with Gasteiger partial charge in [0.15, 0.2) is 0 Å². The van der Waals surface area contributed by atoms with Crippen LogP contribution >= 0.6 is 11.6 Å². The van der Waals surface area contributed by atoms with E-state index in [0.29, 0.717) is 16.3 Å². The third-order valence-corrected chi connectivity index (χ3v) is 5.16. The summed E-state index contributed by atoms with van der Waals surface area (Å²) in [4.78, 5) is 43.8. The summed E-state index contributed by atoms with van der Waals surface area (Å²) in [6.07, 6.45) is -3.42. The molecule has 186 valence electrons. The number of hydrogen-bond acceptors (Lipinski definition) is 5. The van der Waals surface area contributed by atoms with E-state index in [2.05, 4.69) is 20.4 Å². The summed E-state index contributed by atoms with van der Waals surface area (Å²) in [7, 11) is 0. The standard InChI is InChI=1S/C23H17ClF3N5O4/c24-15-1-3-16(4-2-15)29-21(34)30-19-11-14(9-10-28-19)12-31-13-20(33)32(22(31)35)17-5-7-18(8-6-17)36-23(25,26)27/h1-11H,12-13H2,(H2,28,29,30,34). The topological polar surface area (TPSA) is 104 Å². The lowest BCUT2D eigenvalue weighted by Gasteiger charge is -2.18. The molecule has 1 aliphatic rings. The number of amides is 5. The minimum atomic E-state index is -4.85. The number of nitrogens with zero attached hydrogens (tertiary/aromatic N) is 3. The average molecular weight is 520 g/mol. The molecule has 13 heteroatoms. The van der Waals surface area contributed by atoms with Crippen LogP contribution < -0.4 is 20.3 Å². The highest BCUT2D eigenvalue weighted by Gasteiger charge is 2.37. The Kier molecular flexibility index (Phi) is 6.97. The van der Waals surface area contributed by atoms with Gasteiger partial charge in [0.05, 0.1) is 5.69 Å². The molecule has 1 aromatic heterocycles. The molecule has 3 aromatic rings. The predicted octanol–water partition coefficient (Wildman–Crippen LogP) is 5.25. The van der Waals surface area contributed by atoms with Gasteiger partial charge in [-0.3, -0.25) is 10.1 Å². The first-order valence-corrected chi connectivity index (χ1v) is 10.7. The Hall–Kier alpha value is -4.32. The molecule has 2 aromatic carbocycles. The van der Waals surface area contributed by atoms with E-state index in [1.165, 1.54) is 23.2 Å². The number of carbonyl (C=O) groups excluding carboxylic acids is 3. The molecule has 1 aliphatic heterocycles. The zero-order valence-electron chi connectivity index (χ0n) is 18.3. The van der Waals surface area contributed by atoms with Gasteiger partial charge < -0.3 is 15.0 Å². The van der Waals surface area contributed by atoms with Crippen LogP contribution in [0, 0.1) is 0 Å². The molecule has 0 unspecified atom stereocenters. The maximum atomic E-state index is 12.8. The van der Waals surface area contributed by atoms with Gasteiger partial charge in [0.2, 0.25) is 0 Å². The zero-order valence-corrected chi connectivity index (χ0v) is 19.0. The van der Waals surface area contributed by atoms with Gasteiger partial charge in [0.1, 0.15) is 18.1 Å². The molecule has 0 bridgehead atoms. The fourth-order valence-corrected chi connectivity index (χ4v) is 3.52. The Morgan fingerprint density at radius 2 is 1.72 bits per heavy atom. The summed E-state index contributed by atoms with van der Waals surface area (Å²) in [6, 6.07) is 12.9. The molecular weight excluding hydrogens is 503 g/mol. The van der Waals surface area contributed by atoms with Crippen molar-refractivity contribution in [1.82, 2.24) is 9.88 Å². The fraction of sp³-hybridized carbons (Fsp3) is 0.130. The molecule has 0 aliphatic carbocycles. The Morgan fingerprint density at radius 3 is 2.39 bits per heavy atom. The van der Waals surface area contributed by atoms with Crippen molar-refractivity contribution in [1.29, 1.82) is 0 Å². The SMILES string of the molecule is O=C(Nc1ccc(Cl)cc1)Nc1cc(CN2CC(=O)N(c3ccc(OC(F)(F)F)cc3)C2=O)ccn1. The lowest BCUT2D eigenvalue weighted by Crippen LogP contribution is -2.32. The highest BCUT2D eigenvalue weighted by Crippen LogP contribution is 2.28. The van der Waals surface area contributed by atoms with E-state index in [0.717, 1.165) is 17.0 Å². The molecule has 0 atom stereocenters. The van der Waals surface area contributed by atoms with E-state index in [1.54, 1.807) is 36.4 Å². The molecule has 0 saturated carbocycles. The third kappa shape index (κ3) is 6.21. The number of urea groups is 2. The average Bonchev–Trinajstić information content (AvgIpc) is 3.08. The number of rotatable bonds is 6. The van der Waals surface area contributed by atoms with E-state index in [9.17, 15) is 27.6 Å². The summed E-state index contributed by atoms with van der Waals surface area (Å²) in [5.74, 6) is -0.799. The molecule has 1 fully saturated rings. The van der Waals surface area contributed by atoms with Crippen molar-refractivity contribution < 1.29 is 32.3 Å². The number of benzene rings is 2. The van der Waals surface area contributed by atoms with Crippen molar-refractivity contribution >= 4 is 46.8 Å². The van der Waals surface area contributed by atoms with E-state index in [-0.39, 0.29) is 24.6 Å². The minimum absolute atomic E-state index is 0.0341. The summed E-state index contributed by atoms with van der Waals surface area (Å²) < 4.78 is 40.9. The lowest BCUT2D eigenvalue weighted by atomic mass is 10.2. The summed E-state index contributed by atoms with van der Waals surface area (Å²) >= 11 is 5.82. The zero-order chi connectivity index (χ0) is 25.9. The number of aromatic nitrogens is 1. The summed E-state index contributed by atoms with van der Waals surface area (Å²) in [5.41, 5.74) is 1.22. The van der Waals surface area contributed by atoms with Gasteiger partial charge in [-0.25, -0.2) is 19.5 Å². The van der Waals surface area contributed by atoms with Crippen LogP contribution in [0.4, 0.5) is 40.0 Å². The van der Waals surface area contributed by atoms with Gasteiger partial charge in [-0.05, 0) is 66.2 Å². The van der Waals surface area contributed by atoms with Crippen LogP contribution in [0.15, 0.2) is 66.9 Å². The number of imide groups is 1. The van der Waals surface area contributed by atoms with Crippen LogP contribution in [0.25, 0.3) is 0 Å². The molecular formula is C23H17ClF3N5O4. The minimum Gasteiger partial charge on any atom is -0.406 e. The lowest BCUT2D eigenvalue weighted by molar-refractivity contribution is -0.274. The van der Waals surface area contributed by atoms with Crippen LogP contribution in [0.1, 0.15) is 5.56 Å². The van der Waals surface area contributed by atoms with Crippen LogP contribution in [-0.2, 0) is 11.3 Å². The predicted molar refractivity (Wildman–Crippen MR) is 125 cm³/mol. The maximum absolute atomic E-state index is 12.8. The van der Waals surface area contributed by atoms with Gasteiger partial charge in [-0.2, -0.15) is 0 Å². The molecule has 0 radical (unpaired) electrons. The van der Waals surface area contributed by atoms with E-state index >= 15 is 0 Å². The number of halogens is 4. The van der Waals surface area contributed by atoms with E-state index in [4.69, 9.17) is 11.6 Å². The van der Waals surface area contributed by atoms with Crippen molar-refractivity contribution in [2.45, 2.75) is 12.9 Å². The van der Waals surface area contributed by atoms with Crippen LogP contribution in [0.2, 0.25) is 5.02 Å². The fourth-order valence-electron chi connectivity index (χ4n) is 3.40. The molecule has 0 spiro atoms. The first-order valence-electron chi connectivity index (χ1n) is 10.3. The highest BCUT2D eigenvalue weighted by atomic mass is 35.5. The third-order valence-electron chi connectivity index (χ3n) is 4.91. The van der Waals surface area contributed by atoms with Gasteiger partial charge in [0, 0.05) is 23.5 Å². The Bertz CT molecular complexity index is 1290. The van der Waals surface area contributed by atoms with E-state index < -0.39 is 30.1 Å². The van der Waals surface area contributed by atoms with Crippen molar-refractivity contribution in [2.24, 2.45) is 0 Å². The van der Waals surface area contributed by atoms with Gasteiger partial charge in [-0.1, -0.05) is 11.6 Å². The summed E-state index contributed by atoms with van der Waals surface area (Å²) in [6.45, 7) is -0.200. The molecule has 9 nitrogen and oxygen atoms in total. The first kappa shape index (κ1) is 24.8. The first-order chi connectivity index (χ1) is 17.1. The normalized spacial score (nSPS) is 13.7. The second-order valence-electron chi connectivity index (χ2n) is 7.54. The molecule has 1 saturated heterocycles. The smallest absolute Gasteiger partial charge is 0.406 e. The van der Waals surface area contributed by atoms with Gasteiger partial charge in [0.25, 0.3) is 5.91 Å². The summed E-state index contributed by atoms with van der Waals surface area (Å²) in [5, 5.41) is 5.73. The Balaban J connectivity index is 1.39. The number of nitrogens with one attached hydrogen (secondary N) is 2. The number of pyridine rings is 1. The highest BCUT2D eigenvalue weighted by molar-refractivity contribution is 6.30. The van der Waals surface area contributed by atoms with Crippen LogP contribution in [-0.4, -0.2) is 40.8 Å². The van der Waals surface area contributed by atoms with Crippen molar-refractivity contribution in [3.63, 3.8) is 0 Å². The number of anilines is 3. The second kappa shape index (κ2) is 10.1. The van der Waals surface area contributed by atoms with Crippen LogP contribution in [0.3, 0.4) is 0 Å². The monoisotopic (exact) mass is 519 g/mol. The number of ether oxygens (including phenoxy) is 1. The largest absolute Gasteiger partial charge is 0.573 e. The molecule has 2 N–H and O–H groups in total. The molecule has 36 heavy (non-hydrogen) atoms. The van der Waals surface area contributed by atoms with Gasteiger partial charge >= 0.3 is 18.4 Å². The number of alkyl halides is 3. The molecule has 5 amide bonds.